The van der Waals surface area contributed by atoms with Crippen LogP contribution in [-0.4, -0.2) is 22.6 Å². The maximum Gasteiger partial charge on any atom is 0.271 e. The van der Waals surface area contributed by atoms with E-state index in [1.165, 1.54) is 11.3 Å². The Hall–Kier alpha value is -1.20. The van der Waals surface area contributed by atoms with E-state index in [1.807, 2.05) is 11.4 Å². The van der Waals surface area contributed by atoms with Gasteiger partial charge in [-0.1, -0.05) is 0 Å². The predicted octanol–water partition coefficient (Wildman–Crippen LogP) is 0.602. The summed E-state index contributed by atoms with van der Waals surface area (Å²) < 4.78 is 2.49. The zero-order valence-corrected chi connectivity index (χ0v) is 8.25. The Balaban J connectivity index is 2.24. The summed E-state index contributed by atoms with van der Waals surface area (Å²) in [5.41, 5.74) is 0.903. The summed E-state index contributed by atoms with van der Waals surface area (Å²) in [6.07, 6.45) is 1.66. The van der Waals surface area contributed by atoms with Gasteiger partial charge >= 0.3 is 0 Å². The molecule has 0 saturated carbocycles. The molecule has 1 saturated heterocycles. The Labute approximate surface area is 84.2 Å². The van der Waals surface area contributed by atoms with E-state index in [-0.39, 0.29) is 5.56 Å². The third kappa shape index (κ3) is 1.03. The number of aromatic nitrogens is 2. The summed E-state index contributed by atoms with van der Waals surface area (Å²) in [7, 11) is 0. The number of thiophene rings is 1. The Bertz CT molecular complexity index is 526. The minimum Gasteiger partial charge on any atom is -0.313 e. The molecule has 72 valence electrons. The van der Waals surface area contributed by atoms with Crippen LogP contribution in [0.15, 0.2) is 22.6 Å². The molecule has 2 aromatic heterocycles. The maximum atomic E-state index is 11.9. The summed E-state index contributed by atoms with van der Waals surface area (Å²) in [5, 5.41) is 5.05. The molecule has 4 nitrogen and oxygen atoms in total. The largest absolute Gasteiger partial charge is 0.313 e. The van der Waals surface area contributed by atoms with Gasteiger partial charge in [-0.05, 0) is 11.4 Å². The summed E-state index contributed by atoms with van der Waals surface area (Å²) >= 11 is 1.46. The highest BCUT2D eigenvalue weighted by atomic mass is 32.1. The Morgan fingerprint density at radius 2 is 2.43 bits per heavy atom. The van der Waals surface area contributed by atoms with Crippen molar-refractivity contribution in [2.24, 2.45) is 0 Å². The van der Waals surface area contributed by atoms with Crippen molar-refractivity contribution in [1.29, 1.82) is 0 Å². The van der Waals surface area contributed by atoms with E-state index in [0.717, 1.165) is 23.3 Å². The smallest absolute Gasteiger partial charge is 0.271 e. The van der Waals surface area contributed by atoms with Crippen LogP contribution in [-0.2, 0) is 0 Å². The molecule has 0 bridgehead atoms. The lowest BCUT2D eigenvalue weighted by atomic mass is 10.2. The zero-order valence-electron chi connectivity index (χ0n) is 7.43. The van der Waals surface area contributed by atoms with Crippen molar-refractivity contribution < 1.29 is 0 Å². The van der Waals surface area contributed by atoms with Crippen molar-refractivity contribution in [3.63, 3.8) is 0 Å². The van der Waals surface area contributed by atoms with E-state index < -0.39 is 0 Å². The van der Waals surface area contributed by atoms with Gasteiger partial charge in [-0.25, -0.2) is 4.98 Å². The van der Waals surface area contributed by atoms with E-state index in [2.05, 4.69) is 10.3 Å². The molecule has 2 aromatic rings. The maximum absolute atomic E-state index is 11.9. The second-order valence-electron chi connectivity index (χ2n) is 3.40. The molecular weight excluding hydrogens is 198 g/mol. The van der Waals surface area contributed by atoms with Gasteiger partial charge in [0.25, 0.3) is 5.56 Å². The molecule has 0 radical (unpaired) electrons. The van der Waals surface area contributed by atoms with Gasteiger partial charge in [0.15, 0.2) is 0 Å². The SMILES string of the molecule is O=c1c2sccc2ncn1C1CNC1. The van der Waals surface area contributed by atoms with E-state index in [1.54, 1.807) is 10.9 Å². The van der Waals surface area contributed by atoms with Gasteiger partial charge in [0.1, 0.15) is 4.70 Å². The Morgan fingerprint density at radius 1 is 1.57 bits per heavy atom. The van der Waals surface area contributed by atoms with Crippen LogP contribution in [0.3, 0.4) is 0 Å². The lowest BCUT2D eigenvalue weighted by molar-refractivity contribution is 0.335. The van der Waals surface area contributed by atoms with Crippen LogP contribution < -0.4 is 10.9 Å². The van der Waals surface area contributed by atoms with Crippen LogP contribution in [0.25, 0.3) is 10.2 Å². The quantitative estimate of drug-likeness (QED) is 0.745. The van der Waals surface area contributed by atoms with Crippen molar-refractivity contribution in [2.45, 2.75) is 6.04 Å². The Morgan fingerprint density at radius 3 is 3.14 bits per heavy atom. The molecule has 0 spiro atoms. The molecule has 0 amide bonds. The molecule has 1 aliphatic heterocycles. The van der Waals surface area contributed by atoms with Crippen molar-refractivity contribution >= 4 is 21.6 Å². The fourth-order valence-electron chi connectivity index (χ4n) is 1.59. The van der Waals surface area contributed by atoms with Gasteiger partial charge in [0, 0.05) is 13.1 Å². The first-order valence-electron chi connectivity index (χ1n) is 4.51. The first-order valence-corrected chi connectivity index (χ1v) is 5.39. The number of fused-ring (bicyclic) bond motifs is 1. The van der Waals surface area contributed by atoms with Gasteiger partial charge in [0.05, 0.1) is 17.9 Å². The molecule has 3 heterocycles. The highest BCUT2D eigenvalue weighted by molar-refractivity contribution is 7.17. The monoisotopic (exact) mass is 207 g/mol. The van der Waals surface area contributed by atoms with Gasteiger partial charge < -0.3 is 5.32 Å². The van der Waals surface area contributed by atoms with Gasteiger partial charge in [-0.2, -0.15) is 0 Å². The average Bonchev–Trinajstić information content (AvgIpc) is 2.55. The fraction of sp³-hybridized carbons (Fsp3) is 0.333. The lowest BCUT2D eigenvalue weighted by Gasteiger charge is -2.28. The molecule has 0 aliphatic carbocycles. The average molecular weight is 207 g/mol. The van der Waals surface area contributed by atoms with Crippen LogP contribution in [0.1, 0.15) is 6.04 Å². The van der Waals surface area contributed by atoms with Crippen molar-refractivity contribution in [3.05, 3.63) is 28.1 Å². The van der Waals surface area contributed by atoms with E-state index in [9.17, 15) is 4.79 Å². The third-order valence-corrected chi connectivity index (χ3v) is 3.44. The molecule has 1 N–H and O–H groups in total. The lowest BCUT2D eigenvalue weighted by Crippen LogP contribution is -2.46. The van der Waals surface area contributed by atoms with Crippen LogP contribution in [0.4, 0.5) is 0 Å². The molecule has 0 atom stereocenters. The summed E-state index contributed by atoms with van der Waals surface area (Å²) in [5.74, 6) is 0. The summed E-state index contributed by atoms with van der Waals surface area (Å²) in [4.78, 5) is 16.2. The normalized spacial score (nSPS) is 17.1. The minimum absolute atomic E-state index is 0.0940. The van der Waals surface area contributed by atoms with Crippen LogP contribution >= 0.6 is 11.3 Å². The standard InChI is InChI=1S/C9H9N3OS/c13-9-8-7(1-2-14-8)11-5-12(9)6-3-10-4-6/h1-2,5-6,10H,3-4H2. The zero-order chi connectivity index (χ0) is 9.54. The predicted molar refractivity (Wildman–Crippen MR) is 55.8 cm³/mol. The number of hydrogen-bond donors (Lipinski definition) is 1. The second kappa shape index (κ2) is 2.90. The summed E-state index contributed by atoms with van der Waals surface area (Å²) in [6, 6.07) is 2.17. The number of hydrogen-bond acceptors (Lipinski definition) is 4. The second-order valence-corrected chi connectivity index (χ2v) is 4.32. The van der Waals surface area contributed by atoms with Crippen LogP contribution in [0.2, 0.25) is 0 Å². The first-order chi connectivity index (χ1) is 6.86. The van der Waals surface area contributed by atoms with Crippen LogP contribution in [0, 0.1) is 0 Å². The highest BCUT2D eigenvalue weighted by Crippen LogP contribution is 2.15. The number of nitrogens with one attached hydrogen (secondary N) is 1. The van der Waals surface area contributed by atoms with E-state index in [4.69, 9.17) is 0 Å². The van der Waals surface area contributed by atoms with Gasteiger partial charge in [-0.3, -0.25) is 9.36 Å². The van der Waals surface area contributed by atoms with E-state index in [0.29, 0.717) is 6.04 Å². The highest BCUT2D eigenvalue weighted by Gasteiger charge is 2.20. The Kier molecular flexibility index (Phi) is 1.68. The molecule has 1 aliphatic rings. The van der Waals surface area contributed by atoms with Crippen molar-refractivity contribution in [2.75, 3.05) is 13.1 Å². The molecule has 0 aromatic carbocycles. The van der Waals surface area contributed by atoms with Crippen LogP contribution in [0.5, 0.6) is 0 Å². The molecule has 1 fully saturated rings. The van der Waals surface area contributed by atoms with Crippen molar-refractivity contribution in [1.82, 2.24) is 14.9 Å². The molecular formula is C9H9N3OS. The molecule has 0 unspecified atom stereocenters. The third-order valence-electron chi connectivity index (χ3n) is 2.55. The van der Waals surface area contributed by atoms with Gasteiger partial charge in [0.2, 0.25) is 0 Å². The molecule has 3 rings (SSSR count). The minimum atomic E-state index is 0.0940. The number of rotatable bonds is 1. The first kappa shape index (κ1) is 8.14. The molecule has 5 heteroatoms. The number of nitrogens with zero attached hydrogens (tertiary/aromatic N) is 2. The van der Waals surface area contributed by atoms with Gasteiger partial charge in [-0.15, -0.1) is 11.3 Å². The molecule has 14 heavy (non-hydrogen) atoms. The topological polar surface area (TPSA) is 46.9 Å². The van der Waals surface area contributed by atoms with Crippen molar-refractivity contribution in [3.8, 4) is 0 Å². The fourth-order valence-corrected chi connectivity index (χ4v) is 2.37. The summed E-state index contributed by atoms with van der Waals surface area (Å²) in [6.45, 7) is 1.75. The van der Waals surface area contributed by atoms with E-state index >= 15 is 0 Å².